The molecule has 0 aromatic rings. The van der Waals surface area contributed by atoms with E-state index in [-0.39, 0.29) is 6.04 Å². The molecule has 3 atom stereocenters. The van der Waals surface area contributed by atoms with E-state index in [0.717, 1.165) is 18.3 Å². The smallest absolute Gasteiger partial charge is 0.0641 e. The lowest BCUT2D eigenvalue weighted by atomic mass is 9.95. The Kier molecular flexibility index (Phi) is 7.81. The minimum atomic E-state index is 0.226. The van der Waals surface area contributed by atoms with Crippen molar-refractivity contribution in [1.82, 2.24) is 0 Å². The van der Waals surface area contributed by atoms with E-state index < -0.39 is 0 Å². The average molecular weight is 205 g/mol. The molecule has 0 aliphatic heterocycles. The zero-order chi connectivity index (χ0) is 10.3. The highest BCUT2D eigenvalue weighted by Crippen LogP contribution is 2.17. The summed E-state index contributed by atoms with van der Waals surface area (Å²) in [6.07, 6.45) is 1.22. The molecule has 2 nitrogen and oxygen atoms in total. The van der Waals surface area contributed by atoms with Crippen molar-refractivity contribution in [2.45, 2.75) is 40.2 Å². The maximum absolute atomic E-state index is 5.59. The molecular formula is C10H23NOS. The molecule has 0 rings (SSSR count). The lowest BCUT2D eigenvalue weighted by Gasteiger charge is -2.17. The zero-order valence-corrected chi connectivity index (χ0v) is 10.1. The Bertz CT molecular complexity index is 119. The summed E-state index contributed by atoms with van der Waals surface area (Å²) in [5.41, 5.74) is 5.59. The summed E-state index contributed by atoms with van der Waals surface area (Å²) < 4.78 is 5.47. The summed E-state index contributed by atoms with van der Waals surface area (Å²) in [5, 5.41) is 0. The van der Waals surface area contributed by atoms with Gasteiger partial charge >= 0.3 is 0 Å². The van der Waals surface area contributed by atoms with E-state index in [4.69, 9.17) is 9.92 Å². The van der Waals surface area contributed by atoms with Gasteiger partial charge in [-0.3, -0.25) is 0 Å². The molecule has 0 bridgehead atoms. The predicted octanol–water partition coefficient (Wildman–Crippen LogP) is 2.68. The second kappa shape index (κ2) is 7.65. The Morgan fingerprint density at radius 1 is 1.23 bits per heavy atom. The fraction of sp³-hybridized carbons (Fsp3) is 1.00. The lowest BCUT2D eigenvalue weighted by molar-refractivity contribution is 0.240. The van der Waals surface area contributed by atoms with Gasteiger partial charge < -0.3 is 9.92 Å². The van der Waals surface area contributed by atoms with Gasteiger partial charge in [0.25, 0.3) is 0 Å². The lowest BCUT2D eigenvalue weighted by Crippen LogP contribution is -2.18. The third-order valence-electron chi connectivity index (χ3n) is 2.36. The second-order valence-electron chi connectivity index (χ2n) is 3.91. The third kappa shape index (κ3) is 7.35. The molecule has 0 fully saturated rings. The second-order valence-corrected chi connectivity index (χ2v) is 4.71. The number of hydrogen-bond acceptors (Lipinski definition) is 3. The third-order valence-corrected chi connectivity index (χ3v) is 3.33. The first-order valence-corrected chi connectivity index (χ1v) is 5.99. The van der Waals surface area contributed by atoms with Gasteiger partial charge in [-0.2, -0.15) is 0 Å². The van der Waals surface area contributed by atoms with Crippen LogP contribution in [0.15, 0.2) is 0 Å². The first-order valence-electron chi connectivity index (χ1n) is 5.07. The Hall–Kier alpha value is 0.270. The maximum atomic E-state index is 5.59. The summed E-state index contributed by atoms with van der Waals surface area (Å²) in [6.45, 7) is 9.56. The van der Waals surface area contributed by atoms with Crippen LogP contribution in [0.25, 0.3) is 0 Å². The zero-order valence-electron chi connectivity index (χ0n) is 9.25. The van der Waals surface area contributed by atoms with Crippen LogP contribution in [-0.2, 0) is 4.18 Å². The van der Waals surface area contributed by atoms with Gasteiger partial charge in [-0.25, -0.2) is 0 Å². The van der Waals surface area contributed by atoms with Crippen LogP contribution < -0.4 is 5.73 Å². The number of rotatable bonds is 7. The Morgan fingerprint density at radius 3 is 2.31 bits per heavy atom. The molecule has 0 radical (unpaired) electrons. The molecule has 0 heterocycles. The summed E-state index contributed by atoms with van der Waals surface area (Å²) in [7, 11) is 0. The molecule has 3 heteroatoms. The Balaban J connectivity index is 3.31. The van der Waals surface area contributed by atoms with Crippen molar-refractivity contribution >= 4 is 12.0 Å². The van der Waals surface area contributed by atoms with Gasteiger partial charge in [0.05, 0.1) is 6.61 Å². The van der Waals surface area contributed by atoms with Crippen molar-refractivity contribution in [2.24, 2.45) is 17.6 Å². The van der Waals surface area contributed by atoms with Crippen molar-refractivity contribution in [3.05, 3.63) is 0 Å². The van der Waals surface area contributed by atoms with Gasteiger partial charge in [0.2, 0.25) is 0 Å². The Morgan fingerprint density at radius 2 is 1.85 bits per heavy atom. The van der Waals surface area contributed by atoms with E-state index in [1.54, 1.807) is 0 Å². The molecule has 0 saturated carbocycles. The molecule has 80 valence electrons. The topological polar surface area (TPSA) is 35.2 Å². The predicted molar refractivity (Wildman–Crippen MR) is 60.7 cm³/mol. The minimum absolute atomic E-state index is 0.226. The van der Waals surface area contributed by atoms with Gasteiger partial charge in [-0.15, -0.1) is 0 Å². The van der Waals surface area contributed by atoms with Crippen molar-refractivity contribution in [3.8, 4) is 0 Å². The molecule has 2 N–H and O–H groups in total. The van der Waals surface area contributed by atoms with E-state index in [1.807, 2.05) is 6.92 Å². The van der Waals surface area contributed by atoms with Gasteiger partial charge in [-0.05, 0) is 30.8 Å². The molecular weight excluding hydrogens is 182 g/mol. The van der Waals surface area contributed by atoms with Gasteiger partial charge in [-0.1, -0.05) is 27.2 Å². The van der Waals surface area contributed by atoms with Crippen LogP contribution in [0.2, 0.25) is 0 Å². The van der Waals surface area contributed by atoms with Gasteiger partial charge in [0.1, 0.15) is 0 Å². The molecule has 0 saturated heterocycles. The Labute approximate surface area is 86.8 Å². The molecule has 13 heavy (non-hydrogen) atoms. The molecule has 0 aromatic heterocycles. The molecule has 0 aliphatic rings. The van der Waals surface area contributed by atoms with E-state index in [0.29, 0.717) is 5.92 Å². The maximum Gasteiger partial charge on any atom is 0.0641 e. The monoisotopic (exact) mass is 205 g/mol. The van der Waals surface area contributed by atoms with E-state index in [9.17, 15) is 0 Å². The summed E-state index contributed by atoms with van der Waals surface area (Å²) >= 11 is 1.49. The summed E-state index contributed by atoms with van der Waals surface area (Å²) in [4.78, 5) is 0. The molecule has 0 aromatic carbocycles. The van der Waals surface area contributed by atoms with Crippen LogP contribution in [0.1, 0.15) is 34.1 Å². The fourth-order valence-electron chi connectivity index (χ4n) is 0.878. The van der Waals surface area contributed by atoms with Crippen LogP contribution in [0.5, 0.6) is 0 Å². The van der Waals surface area contributed by atoms with Crippen LogP contribution in [0.4, 0.5) is 0 Å². The molecule has 0 amide bonds. The van der Waals surface area contributed by atoms with Crippen LogP contribution in [0, 0.1) is 11.8 Å². The summed E-state index contributed by atoms with van der Waals surface area (Å²) in [6, 6.07) is 0.226. The van der Waals surface area contributed by atoms with E-state index >= 15 is 0 Å². The van der Waals surface area contributed by atoms with Crippen LogP contribution in [-0.4, -0.2) is 18.4 Å². The van der Waals surface area contributed by atoms with Crippen molar-refractivity contribution in [1.29, 1.82) is 0 Å². The van der Waals surface area contributed by atoms with Crippen molar-refractivity contribution in [3.63, 3.8) is 0 Å². The quantitative estimate of drug-likeness (QED) is 0.512. The van der Waals surface area contributed by atoms with Gasteiger partial charge in [0.15, 0.2) is 0 Å². The van der Waals surface area contributed by atoms with Crippen molar-refractivity contribution in [2.75, 3.05) is 12.4 Å². The highest BCUT2D eigenvalue weighted by molar-refractivity contribution is 7.94. The molecule has 0 spiro atoms. The van der Waals surface area contributed by atoms with Crippen LogP contribution in [0.3, 0.4) is 0 Å². The minimum Gasteiger partial charge on any atom is -0.327 e. The summed E-state index contributed by atoms with van der Waals surface area (Å²) in [5.74, 6) is 2.27. The van der Waals surface area contributed by atoms with Gasteiger partial charge in [0, 0.05) is 11.8 Å². The van der Waals surface area contributed by atoms with Crippen LogP contribution >= 0.6 is 12.0 Å². The highest BCUT2D eigenvalue weighted by Gasteiger charge is 2.10. The SMILES string of the molecule is CCC(C)C(C)COSCC(C)N. The number of nitrogens with two attached hydrogens (primary N) is 1. The molecule has 0 aliphatic carbocycles. The molecule has 3 unspecified atom stereocenters. The standard InChI is InChI=1S/C10H23NOS/c1-5-8(2)9(3)6-12-13-7-10(4)11/h8-10H,5-7,11H2,1-4H3. The van der Waals surface area contributed by atoms with E-state index in [1.165, 1.54) is 18.5 Å². The fourth-order valence-corrected chi connectivity index (χ4v) is 1.50. The highest BCUT2D eigenvalue weighted by atomic mass is 32.2. The van der Waals surface area contributed by atoms with Crippen molar-refractivity contribution < 1.29 is 4.18 Å². The number of hydrogen-bond donors (Lipinski definition) is 1. The largest absolute Gasteiger partial charge is 0.327 e. The normalized spacial score (nSPS) is 18.2. The first kappa shape index (κ1) is 13.3. The average Bonchev–Trinajstić information content (AvgIpc) is 2.10. The first-order chi connectivity index (χ1) is 6.07. The van der Waals surface area contributed by atoms with E-state index in [2.05, 4.69) is 20.8 Å².